The summed E-state index contributed by atoms with van der Waals surface area (Å²) in [6.45, 7) is 8.50. The molecule has 3 aromatic carbocycles. The largest absolute Gasteiger partial charge is 0.458 e. The molecule has 0 aliphatic heterocycles. The van der Waals surface area contributed by atoms with Crippen LogP contribution in [0.15, 0.2) is 97.6 Å². The molecule has 35 heavy (non-hydrogen) atoms. The van der Waals surface area contributed by atoms with Crippen molar-refractivity contribution < 1.29 is 32.6 Å². The van der Waals surface area contributed by atoms with Crippen molar-refractivity contribution in [2.24, 2.45) is 0 Å². The van der Waals surface area contributed by atoms with Crippen LogP contribution in [0.25, 0.3) is 11.1 Å². The first-order valence-corrected chi connectivity index (χ1v) is 10.7. The van der Waals surface area contributed by atoms with E-state index in [-0.39, 0.29) is 30.1 Å². The van der Waals surface area contributed by atoms with Crippen molar-refractivity contribution in [1.29, 1.82) is 0 Å². The number of carbonyl (C=O) groups excluding carboxylic acids is 2. The lowest BCUT2D eigenvalue weighted by atomic mass is 10.0. The Morgan fingerprint density at radius 1 is 0.829 bits per heavy atom. The Kier molecular flexibility index (Phi) is 8.15. The molecule has 0 aliphatic rings. The van der Waals surface area contributed by atoms with Crippen LogP contribution in [0.3, 0.4) is 0 Å². The molecule has 180 valence electrons. The van der Waals surface area contributed by atoms with Crippen LogP contribution in [0, 0.1) is 0 Å². The summed E-state index contributed by atoms with van der Waals surface area (Å²) in [7, 11) is 0. The fourth-order valence-corrected chi connectivity index (χ4v) is 3.00. The lowest BCUT2D eigenvalue weighted by Gasteiger charge is -2.19. The molecule has 0 heterocycles. The Hall–Kier alpha value is -4.26. The molecule has 3 rings (SSSR count). The zero-order valence-corrected chi connectivity index (χ0v) is 19.1. The third kappa shape index (κ3) is 7.11. The van der Waals surface area contributed by atoms with Crippen LogP contribution in [0.2, 0.25) is 0 Å². The van der Waals surface area contributed by atoms with Crippen LogP contribution in [0.1, 0.15) is 23.6 Å². The maximum absolute atomic E-state index is 14.7. The van der Waals surface area contributed by atoms with Crippen LogP contribution in [-0.4, -0.2) is 11.9 Å². The minimum Gasteiger partial charge on any atom is -0.458 e. The summed E-state index contributed by atoms with van der Waals surface area (Å²) in [6.07, 6.45) is -2.46. The Bertz CT molecular complexity index is 1200. The summed E-state index contributed by atoms with van der Waals surface area (Å²) >= 11 is 0. The topological polar surface area (TPSA) is 61.8 Å². The highest BCUT2D eigenvalue weighted by molar-refractivity contribution is 5.86. The highest BCUT2D eigenvalue weighted by atomic mass is 19.3. The van der Waals surface area contributed by atoms with Crippen molar-refractivity contribution in [3.63, 3.8) is 0 Å². The number of carbonyl (C=O) groups is 2. The van der Waals surface area contributed by atoms with Crippen LogP contribution >= 0.6 is 0 Å². The molecule has 0 radical (unpaired) electrons. The first-order valence-electron chi connectivity index (χ1n) is 10.7. The van der Waals surface area contributed by atoms with Gasteiger partial charge in [-0.05, 0) is 53.4 Å². The van der Waals surface area contributed by atoms with Crippen molar-refractivity contribution in [1.82, 2.24) is 0 Å². The van der Waals surface area contributed by atoms with Gasteiger partial charge in [-0.1, -0.05) is 61.7 Å². The average molecular weight is 478 g/mol. The molecule has 0 amide bonds. The van der Waals surface area contributed by atoms with Crippen molar-refractivity contribution in [3.8, 4) is 16.9 Å². The predicted octanol–water partition coefficient (Wildman–Crippen LogP) is 6.33. The molecular weight excluding hydrogens is 454 g/mol. The highest BCUT2D eigenvalue weighted by Gasteiger charge is 2.34. The van der Waals surface area contributed by atoms with Crippen LogP contribution in [0.4, 0.5) is 8.78 Å². The molecule has 5 nitrogen and oxygen atoms in total. The summed E-state index contributed by atoms with van der Waals surface area (Å²) in [5.41, 5.74) is 2.97. The van der Waals surface area contributed by atoms with Crippen LogP contribution in [-0.2, 0) is 38.4 Å². The van der Waals surface area contributed by atoms with E-state index < -0.39 is 18.0 Å². The van der Waals surface area contributed by atoms with Crippen LogP contribution < -0.4 is 4.74 Å². The molecule has 0 unspecified atom stereocenters. The lowest BCUT2D eigenvalue weighted by molar-refractivity contribution is -0.185. The third-order valence-electron chi connectivity index (χ3n) is 4.94. The Morgan fingerprint density at radius 2 is 1.31 bits per heavy atom. The number of ether oxygens (including phenoxy) is 3. The predicted molar refractivity (Wildman–Crippen MR) is 127 cm³/mol. The summed E-state index contributed by atoms with van der Waals surface area (Å²) in [6, 6.07) is 18.9. The smallest absolute Gasteiger partial charge is 0.426 e. The zero-order valence-electron chi connectivity index (χ0n) is 19.1. The molecule has 7 heteroatoms. The first kappa shape index (κ1) is 25.4. The molecule has 0 aromatic heterocycles. The van der Waals surface area contributed by atoms with Gasteiger partial charge in [-0.2, -0.15) is 8.78 Å². The number of rotatable bonds is 10. The summed E-state index contributed by atoms with van der Waals surface area (Å²) in [5.74, 6) is -1.06. The lowest BCUT2D eigenvalue weighted by Crippen LogP contribution is -2.21. The molecule has 0 fully saturated rings. The van der Waals surface area contributed by atoms with E-state index in [0.717, 1.165) is 22.8 Å². The maximum Gasteiger partial charge on any atom is 0.426 e. The van der Waals surface area contributed by atoms with Gasteiger partial charge in [0.2, 0.25) is 0 Å². The number of hydrogen-bond donors (Lipinski definition) is 0. The second-order valence-corrected chi connectivity index (χ2v) is 7.71. The van der Waals surface area contributed by atoms with E-state index in [9.17, 15) is 18.4 Å². The second kappa shape index (κ2) is 11.2. The number of esters is 2. The Labute approximate surface area is 202 Å². The van der Waals surface area contributed by atoms with Gasteiger partial charge in [-0.3, -0.25) is 0 Å². The molecular formula is C28H24F2O5. The standard InChI is InChI=1S/C28H24F2O5/c1-4-26(31)33-17-20-5-9-22(10-6-20)23-11-13-24(14-12-23)28(29,30)35-25-15-7-21(8-16-25)18-34-27(32)19(2)3/h4-16H,1-2,17-18H2,3H3. The van der Waals surface area contributed by atoms with Crippen LogP contribution in [0.5, 0.6) is 5.75 Å². The van der Waals surface area contributed by atoms with E-state index in [1.165, 1.54) is 31.2 Å². The van der Waals surface area contributed by atoms with E-state index in [0.29, 0.717) is 5.56 Å². The second-order valence-electron chi connectivity index (χ2n) is 7.71. The molecule has 0 atom stereocenters. The van der Waals surface area contributed by atoms with Gasteiger partial charge in [0.05, 0.1) is 5.56 Å². The monoisotopic (exact) mass is 478 g/mol. The molecule has 0 bridgehead atoms. The first-order chi connectivity index (χ1) is 16.7. The number of halogens is 2. The molecule has 0 aliphatic carbocycles. The quantitative estimate of drug-likeness (QED) is 0.252. The zero-order chi connectivity index (χ0) is 25.4. The number of alkyl halides is 2. The summed E-state index contributed by atoms with van der Waals surface area (Å²) < 4.78 is 44.3. The SMILES string of the molecule is C=CC(=O)OCc1ccc(-c2ccc(C(F)(F)Oc3ccc(COC(=O)C(=C)C)cc3)cc2)cc1. The molecule has 0 saturated carbocycles. The fourth-order valence-electron chi connectivity index (χ4n) is 3.00. The summed E-state index contributed by atoms with van der Waals surface area (Å²) in [5, 5.41) is 0. The molecule has 0 spiro atoms. The highest BCUT2D eigenvalue weighted by Crippen LogP contribution is 2.33. The average Bonchev–Trinajstić information content (AvgIpc) is 2.86. The number of benzene rings is 3. The van der Waals surface area contributed by atoms with Gasteiger partial charge >= 0.3 is 18.0 Å². The molecule has 0 saturated heterocycles. The van der Waals surface area contributed by atoms with E-state index >= 15 is 0 Å². The molecule has 0 N–H and O–H groups in total. The minimum atomic E-state index is -3.55. The third-order valence-corrected chi connectivity index (χ3v) is 4.94. The van der Waals surface area contributed by atoms with E-state index in [1.54, 1.807) is 36.4 Å². The number of hydrogen-bond acceptors (Lipinski definition) is 5. The molecule has 3 aromatic rings. The van der Waals surface area contributed by atoms with E-state index in [2.05, 4.69) is 13.2 Å². The van der Waals surface area contributed by atoms with Crippen molar-refractivity contribution >= 4 is 11.9 Å². The Balaban J connectivity index is 1.61. The van der Waals surface area contributed by atoms with E-state index in [1.807, 2.05) is 12.1 Å². The van der Waals surface area contributed by atoms with Crippen molar-refractivity contribution in [2.45, 2.75) is 26.2 Å². The van der Waals surface area contributed by atoms with Gasteiger partial charge in [0.1, 0.15) is 19.0 Å². The minimum absolute atomic E-state index is 0.00474. The van der Waals surface area contributed by atoms with Gasteiger partial charge in [0.25, 0.3) is 0 Å². The van der Waals surface area contributed by atoms with Crippen molar-refractivity contribution in [3.05, 3.63) is 114 Å². The van der Waals surface area contributed by atoms with Gasteiger partial charge in [-0.25, -0.2) is 9.59 Å². The fraction of sp³-hybridized carbons (Fsp3) is 0.143. The van der Waals surface area contributed by atoms with Gasteiger partial charge in [0, 0.05) is 11.6 Å². The maximum atomic E-state index is 14.7. The van der Waals surface area contributed by atoms with Gasteiger partial charge in [-0.15, -0.1) is 0 Å². The van der Waals surface area contributed by atoms with Gasteiger partial charge < -0.3 is 14.2 Å². The normalized spacial score (nSPS) is 10.8. The van der Waals surface area contributed by atoms with Gasteiger partial charge in [0.15, 0.2) is 0 Å². The van der Waals surface area contributed by atoms with E-state index in [4.69, 9.17) is 14.2 Å². The summed E-state index contributed by atoms with van der Waals surface area (Å²) in [4.78, 5) is 22.6. The Morgan fingerprint density at radius 3 is 1.83 bits per heavy atom. The van der Waals surface area contributed by atoms with Crippen molar-refractivity contribution in [2.75, 3.05) is 0 Å².